The molecule has 0 bridgehead atoms. The van der Waals surface area contributed by atoms with Crippen LogP contribution in [-0.4, -0.2) is 88.9 Å². The lowest BCUT2D eigenvalue weighted by molar-refractivity contribution is -0.143. The minimum absolute atomic E-state index is 0.154. The molecule has 4 amide bonds. The molecule has 1 saturated heterocycles. The number of carbonyl (C=O) groups is 4. The van der Waals surface area contributed by atoms with Crippen LogP contribution in [-0.2, 0) is 23.8 Å². The van der Waals surface area contributed by atoms with E-state index in [2.05, 4.69) is 78.4 Å². The van der Waals surface area contributed by atoms with Gasteiger partial charge < -0.3 is 45.0 Å². The number of aromatic amines is 2. The van der Waals surface area contributed by atoms with Gasteiger partial charge in [-0.2, -0.15) is 0 Å². The number of amides is 4. The van der Waals surface area contributed by atoms with Crippen molar-refractivity contribution in [2.24, 2.45) is 5.92 Å². The van der Waals surface area contributed by atoms with Gasteiger partial charge in [0.15, 0.2) is 0 Å². The van der Waals surface area contributed by atoms with E-state index in [1.165, 1.54) is 14.2 Å². The monoisotopic (exact) mass is 812 g/mol. The zero-order chi connectivity index (χ0) is 42.3. The third kappa shape index (κ3) is 9.16. The Kier molecular flexibility index (Phi) is 12.5. The molecule has 310 valence electrons. The maximum Gasteiger partial charge on any atom is 0.407 e. The van der Waals surface area contributed by atoms with Crippen LogP contribution < -0.4 is 16.0 Å². The molecule has 2 aromatic heterocycles. The first-order valence-corrected chi connectivity index (χ1v) is 19.7. The van der Waals surface area contributed by atoms with E-state index < -0.39 is 42.3 Å². The van der Waals surface area contributed by atoms with Crippen LogP contribution in [0.2, 0.25) is 0 Å². The molecule has 1 fully saturated rings. The highest BCUT2D eigenvalue weighted by Crippen LogP contribution is 2.31. The number of hydrogen-bond donors (Lipinski definition) is 5. The molecule has 0 spiro atoms. The number of ether oxygens (including phenoxy) is 3. The molecule has 15 nitrogen and oxygen atoms in total. The van der Waals surface area contributed by atoms with Gasteiger partial charge in [0.05, 0.1) is 57.3 Å². The van der Waals surface area contributed by atoms with E-state index in [1.807, 2.05) is 45.0 Å². The third-order valence-electron chi connectivity index (χ3n) is 10.6. The second-order valence-corrected chi connectivity index (χ2v) is 14.9. The molecule has 0 radical (unpaired) electrons. The van der Waals surface area contributed by atoms with Crippen LogP contribution in [0.3, 0.4) is 0 Å². The number of rotatable bonds is 12. The summed E-state index contributed by atoms with van der Waals surface area (Å²) in [5.41, 5.74) is 6.21. The Hall–Kier alpha value is -7.00. The Bertz CT molecular complexity index is 2460. The van der Waals surface area contributed by atoms with Crippen LogP contribution in [0.15, 0.2) is 103 Å². The Morgan fingerprint density at radius 2 is 1.35 bits per heavy atom. The molecule has 0 aliphatic carbocycles. The molecule has 60 heavy (non-hydrogen) atoms. The minimum Gasteiger partial charge on any atom is -0.453 e. The normalized spacial score (nSPS) is 15.5. The molecular formula is C45H48N8O7. The van der Waals surface area contributed by atoms with E-state index in [0.717, 1.165) is 44.4 Å². The average Bonchev–Trinajstić information content (AvgIpc) is 3.99. The van der Waals surface area contributed by atoms with Gasteiger partial charge >= 0.3 is 12.2 Å². The SMILES string of the molecule is COC(=O)NC(C(=O)NC(C)c1ncc(-c2ccc(-c3ccc4cc(-c5cnc(C6COCCN6C(=O)C(NC(=O)OC)C(C)C)[nH]5)ccc4c3)cc2)[nH]1)c1ccccc1. The fourth-order valence-corrected chi connectivity index (χ4v) is 7.25. The maximum atomic E-state index is 13.7. The predicted octanol–water partition coefficient (Wildman–Crippen LogP) is 6.84. The summed E-state index contributed by atoms with van der Waals surface area (Å²) in [5.74, 6) is 0.402. The van der Waals surface area contributed by atoms with Crippen molar-refractivity contribution in [3.63, 3.8) is 0 Å². The van der Waals surface area contributed by atoms with Crippen LogP contribution in [0, 0.1) is 5.92 Å². The van der Waals surface area contributed by atoms with Crippen LogP contribution >= 0.6 is 0 Å². The van der Waals surface area contributed by atoms with Gasteiger partial charge in [-0.25, -0.2) is 19.6 Å². The van der Waals surface area contributed by atoms with Crippen molar-refractivity contribution in [1.82, 2.24) is 40.8 Å². The van der Waals surface area contributed by atoms with Crippen molar-refractivity contribution >= 4 is 34.8 Å². The van der Waals surface area contributed by atoms with Crippen molar-refractivity contribution in [3.8, 4) is 33.6 Å². The lowest BCUT2D eigenvalue weighted by Gasteiger charge is -2.37. The largest absolute Gasteiger partial charge is 0.453 e. The minimum atomic E-state index is -0.943. The van der Waals surface area contributed by atoms with Crippen molar-refractivity contribution in [2.45, 2.75) is 44.9 Å². The number of nitrogens with zero attached hydrogens (tertiary/aromatic N) is 3. The molecule has 1 aliphatic rings. The summed E-state index contributed by atoms with van der Waals surface area (Å²) in [6.45, 7) is 6.61. The Morgan fingerprint density at radius 1 is 0.733 bits per heavy atom. The number of H-pyrrole nitrogens is 2. The van der Waals surface area contributed by atoms with E-state index in [1.54, 1.807) is 41.6 Å². The predicted molar refractivity (Wildman–Crippen MR) is 225 cm³/mol. The highest BCUT2D eigenvalue weighted by molar-refractivity contribution is 5.91. The number of alkyl carbamates (subject to hydrolysis) is 2. The number of fused-ring (bicyclic) bond motifs is 1. The molecule has 4 unspecified atom stereocenters. The molecule has 7 rings (SSSR count). The lowest BCUT2D eigenvalue weighted by Crippen LogP contribution is -2.54. The van der Waals surface area contributed by atoms with E-state index >= 15 is 0 Å². The van der Waals surface area contributed by atoms with E-state index in [0.29, 0.717) is 30.4 Å². The van der Waals surface area contributed by atoms with Crippen LogP contribution in [0.25, 0.3) is 44.4 Å². The highest BCUT2D eigenvalue weighted by atomic mass is 16.5. The number of hydrogen-bond acceptors (Lipinski definition) is 9. The molecule has 1 aliphatic heterocycles. The van der Waals surface area contributed by atoms with Crippen LogP contribution in [0.1, 0.15) is 56.1 Å². The molecular weight excluding hydrogens is 765 g/mol. The summed E-state index contributed by atoms with van der Waals surface area (Å²) < 4.78 is 15.3. The van der Waals surface area contributed by atoms with Gasteiger partial charge in [0, 0.05) is 12.1 Å². The number of nitrogens with one attached hydrogen (secondary N) is 5. The van der Waals surface area contributed by atoms with Crippen LogP contribution in [0.5, 0.6) is 0 Å². The number of imidazole rings is 2. The standard InChI is InChI=1S/C45H48N8O7/c1-26(2)38(51-44(56)58-4)43(55)53-19-20-60-25-37(53)41-47-24-36(50-41)34-18-17-32-21-31(15-16-33(32)22-34)28-11-13-29(14-12-28)35-23-46-40(49-35)27(3)48-42(54)39(52-45(57)59-5)30-9-7-6-8-10-30/h6-18,21-24,26-27,37-39H,19-20,25H2,1-5H3,(H,46,49)(H,47,50)(H,48,54)(H,51,56)(H,52,57). The first-order valence-electron chi connectivity index (χ1n) is 19.7. The number of methoxy groups -OCH3 is 2. The Labute approximate surface area is 347 Å². The number of carbonyl (C=O) groups excluding carboxylic acids is 4. The second-order valence-electron chi connectivity index (χ2n) is 14.9. The van der Waals surface area contributed by atoms with Gasteiger partial charge in [-0.1, -0.05) is 92.7 Å². The second kappa shape index (κ2) is 18.3. The quantitative estimate of drug-likeness (QED) is 0.0880. The summed E-state index contributed by atoms with van der Waals surface area (Å²) in [6, 6.07) is 27.1. The molecule has 5 N–H and O–H groups in total. The summed E-state index contributed by atoms with van der Waals surface area (Å²) in [7, 11) is 2.52. The van der Waals surface area contributed by atoms with Crippen molar-refractivity contribution in [3.05, 3.63) is 121 Å². The van der Waals surface area contributed by atoms with E-state index in [-0.39, 0.29) is 18.4 Å². The molecule has 4 aromatic carbocycles. The number of morpholine rings is 1. The van der Waals surface area contributed by atoms with E-state index in [4.69, 9.17) is 14.2 Å². The van der Waals surface area contributed by atoms with Gasteiger partial charge in [-0.3, -0.25) is 9.59 Å². The number of aromatic nitrogens is 4. The van der Waals surface area contributed by atoms with Gasteiger partial charge in [0.25, 0.3) is 0 Å². The Morgan fingerprint density at radius 3 is 2.05 bits per heavy atom. The van der Waals surface area contributed by atoms with E-state index in [9.17, 15) is 19.2 Å². The fourth-order valence-electron chi connectivity index (χ4n) is 7.25. The van der Waals surface area contributed by atoms with Crippen molar-refractivity contribution < 1.29 is 33.4 Å². The summed E-state index contributed by atoms with van der Waals surface area (Å²) in [6.07, 6.45) is 2.13. The van der Waals surface area contributed by atoms with Crippen molar-refractivity contribution in [2.75, 3.05) is 34.0 Å². The van der Waals surface area contributed by atoms with Gasteiger partial charge in [-0.15, -0.1) is 0 Å². The summed E-state index contributed by atoms with van der Waals surface area (Å²) in [4.78, 5) is 68.6. The maximum absolute atomic E-state index is 13.7. The molecule has 4 atom stereocenters. The average molecular weight is 813 g/mol. The fraction of sp³-hybridized carbons (Fsp3) is 0.289. The summed E-state index contributed by atoms with van der Waals surface area (Å²) >= 11 is 0. The third-order valence-corrected chi connectivity index (χ3v) is 10.6. The summed E-state index contributed by atoms with van der Waals surface area (Å²) in [5, 5.41) is 10.3. The zero-order valence-electron chi connectivity index (χ0n) is 34.0. The smallest absolute Gasteiger partial charge is 0.407 e. The lowest BCUT2D eigenvalue weighted by atomic mass is 9.98. The van der Waals surface area contributed by atoms with Gasteiger partial charge in [0.2, 0.25) is 11.8 Å². The first kappa shape index (κ1) is 41.2. The molecule has 6 aromatic rings. The molecule has 3 heterocycles. The van der Waals surface area contributed by atoms with Gasteiger partial charge in [0.1, 0.15) is 29.8 Å². The van der Waals surface area contributed by atoms with Crippen molar-refractivity contribution in [1.29, 1.82) is 0 Å². The zero-order valence-corrected chi connectivity index (χ0v) is 34.0. The number of benzene rings is 4. The Balaban J connectivity index is 1.01. The van der Waals surface area contributed by atoms with Crippen LogP contribution in [0.4, 0.5) is 9.59 Å². The molecule has 0 saturated carbocycles. The van der Waals surface area contributed by atoms with Gasteiger partial charge in [-0.05, 0) is 58.0 Å². The highest BCUT2D eigenvalue weighted by Gasteiger charge is 2.36. The molecule has 15 heteroatoms. The topological polar surface area (TPSA) is 193 Å². The first-order chi connectivity index (χ1) is 29.0.